The molecule has 0 saturated heterocycles. The van der Waals surface area contributed by atoms with Gasteiger partial charge in [-0.15, -0.1) is 0 Å². The summed E-state index contributed by atoms with van der Waals surface area (Å²) in [6.45, 7) is 2.00. The van der Waals surface area contributed by atoms with Crippen LogP contribution in [0.2, 0.25) is 0 Å². The van der Waals surface area contributed by atoms with Crippen molar-refractivity contribution in [1.82, 2.24) is 10.3 Å². The Bertz CT molecular complexity index is 1390. The minimum atomic E-state index is -0.493. The molecule has 8 nitrogen and oxygen atoms in total. The Morgan fingerprint density at radius 1 is 1.12 bits per heavy atom. The number of fused-ring (bicyclic) bond motifs is 1. The van der Waals surface area contributed by atoms with Gasteiger partial charge in [-0.25, -0.2) is 4.98 Å². The topological polar surface area (TPSA) is 110 Å². The molecule has 0 radical (unpaired) electrons. The summed E-state index contributed by atoms with van der Waals surface area (Å²) in [5, 5.41) is 16.4. The standard InChI is InChI=1S/C24H18N4O4S/c1-15-5-11-21-20(13-15)26-23(32-21)17-7-9-18(10-8-17)25-24(33)27-22(29)12-6-16-3-2-4-19(14-16)28(30)31/h2-14H,1H3,(H2,25,27,29,33). The van der Waals surface area contributed by atoms with Gasteiger partial charge in [0.1, 0.15) is 5.52 Å². The molecule has 1 amide bonds. The molecule has 0 bridgehead atoms. The lowest BCUT2D eigenvalue weighted by Gasteiger charge is -2.08. The highest BCUT2D eigenvalue weighted by Gasteiger charge is 2.09. The summed E-state index contributed by atoms with van der Waals surface area (Å²) in [4.78, 5) is 27.0. The van der Waals surface area contributed by atoms with Crippen molar-refractivity contribution in [2.75, 3.05) is 5.32 Å². The molecular formula is C24H18N4O4S. The van der Waals surface area contributed by atoms with Gasteiger partial charge >= 0.3 is 0 Å². The first kappa shape index (κ1) is 21.8. The number of carbonyl (C=O) groups is 1. The molecule has 0 unspecified atom stereocenters. The maximum absolute atomic E-state index is 12.1. The molecule has 1 heterocycles. The second kappa shape index (κ2) is 9.41. The molecule has 0 aliphatic rings. The van der Waals surface area contributed by atoms with Crippen LogP contribution >= 0.6 is 12.2 Å². The summed E-state index contributed by atoms with van der Waals surface area (Å²) in [7, 11) is 0. The number of thiocarbonyl (C=S) groups is 1. The number of nitrogens with zero attached hydrogens (tertiary/aromatic N) is 2. The van der Waals surface area contributed by atoms with E-state index in [4.69, 9.17) is 16.6 Å². The van der Waals surface area contributed by atoms with Crippen LogP contribution in [0, 0.1) is 17.0 Å². The minimum absolute atomic E-state index is 0.0499. The van der Waals surface area contributed by atoms with Crippen molar-refractivity contribution in [3.63, 3.8) is 0 Å². The molecule has 164 valence electrons. The molecule has 0 aliphatic heterocycles. The molecule has 0 saturated carbocycles. The minimum Gasteiger partial charge on any atom is -0.436 e. The number of hydrogen-bond acceptors (Lipinski definition) is 6. The zero-order valence-electron chi connectivity index (χ0n) is 17.4. The molecule has 0 fully saturated rings. The fraction of sp³-hybridized carbons (Fsp3) is 0.0417. The predicted octanol–water partition coefficient (Wildman–Crippen LogP) is 5.24. The molecule has 4 rings (SSSR count). The van der Waals surface area contributed by atoms with E-state index in [2.05, 4.69) is 15.6 Å². The fourth-order valence-corrected chi connectivity index (χ4v) is 3.31. The maximum atomic E-state index is 12.1. The van der Waals surface area contributed by atoms with E-state index in [1.165, 1.54) is 24.3 Å². The van der Waals surface area contributed by atoms with Gasteiger partial charge in [-0.3, -0.25) is 20.2 Å². The van der Waals surface area contributed by atoms with E-state index in [0.717, 1.165) is 22.2 Å². The number of oxazole rings is 1. The fourth-order valence-electron chi connectivity index (χ4n) is 3.09. The van der Waals surface area contributed by atoms with Crippen molar-refractivity contribution in [2.45, 2.75) is 6.92 Å². The van der Waals surface area contributed by atoms with Crippen molar-refractivity contribution in [1.29, 1.82) is 0 Å². The summed E-state index contributed by atoms with van der Waals surface area (Å²) in [6.07, 6.45) is 2.73. The highest BCUT2D eigenvalue weighted by molar-refractivity contribution is 7.80. The van der Waals surface area contributed by atoms with Crippen LogP contribution in [0.25, 0.3) is 28.6 Å². The second-order valence-corrected chi connectivity index (χ2v) is 7.60. The molecule has 0 spiro atoms. The Morgan fingerprint density at radius 2 is 1.91 bits per heavy atom. The third-order valence-electron chi connectivity index (χ3n) is 4.68. The Balaban J connectivity index is 1.35. The molecule has 0 atom stereocenters. The largest absolute Gasteiger partial charge is 0.436 e. The van der Waals surface area contributed by atoms with Crippen LogP contribution in [0.1, 0.15) is 11.1 Å². The zero-order chi connectivity index (χ0) is 23.4. The quantitative estimate of drug-likeness (QED) is 0.182. The van der Waals surface area contributed by atoms with Gasteiger partial charge in [-0.2, -0.15) is 0 Å². The summed E-state index contributed by atoms with van der Waals surface area (Å²) in [5.74, 6) is 0.0571. The first-order chi connectivity index (χ1) is 15.9. The van der Waals surface area contributed by atoms with Crippen molar-refractivity contribution >= 4 is 51.8 Å². The average Bonchev–Trinajstić information content (AvgIpc) is 3.21. The van der Waals surface area contributed by atoms with Crippen molar-refractivity contribution in [3.8, 4) is 11.5 Å². The summed E-state index contributed by atoms with van der Waals surface area (Å²) in [6, 6.07) is 19.1. The molecule has 33 heavy (non-hydrogen) atoms. The highest BCUT2D eigenvalue weighted by atomic mass is 32.1. The highest BCUT2D eigenvalue weighted by Crippen LogP contribution is 2.26. The predicted molar refractivity (Wildman–Crippen MR) is 131 cm³/mol. The SMILES string of the molecule is Cc1ccc2oc(-c3ccc(NC(=S)NC(=O)C=Cc4cccc([N+](=O)[O-])c4)cc3)nc2c1. The molecule has 9 heteroatoms. The Labute approximate surface area is 194 Å². The van der Waals surface area contributed by atoms with Crippen LogP contribution in [0.4, 0.5) is 11.4 Å². The van der Waals surface area contributed by atoms with Crippen LogP contribution in [0.15, 0.2) is 77.2 Å². The van der Waals surface area contributed by atoms with Gasteiger partial charge < -0.3 is 9.73 Å². The van der Waals surface area contributed by atoms with E-state index in [1.807, 2.05) is 37.3 Å². The molecule has 0 aliphatic carbocycles. The third kappa shape index (κ3) is 5.46. The molecular weight excluding hydrogens is 440 g/mol. The maximum Gasteiger partial charge on any atom is 0.270 e. The lowest BCUT2D eigenvalue weighted by molar-refractivity contribution is -0.384. The second-order valence-electron chi connectivity index (χ2n) is 7.20. The van der Waals surface area contributed by atoms with Gasteiger partial charge in [0.25, 0.3) is 5.69 Å². The monoisotopic (exact) mass is 458 g/mol. The van der Waals surface area contributed by atoms with Gasteiger partial charge in [0.2, 0.25) is 11.8 Å². The number of carbonyl (C=O) groups excluding carboxylic acids is 1. The number of rotatable bonds is 5. The zero-order valence-corrected chi connectivity index (χ0v) is 18.3. The average molecular weight is 458 g/mol. The van der Waals surface area contributed by atoms with Crippen LogP contribution < -0.4 is 10.6 Å². The lowest BCUT2D eigenvalue weighted by atomic mass is 10.2. The van der Waals surface area contributed by atoms with Gasteiger partial charge in [0.15, 0.2) is 10.7 Å². The van der Waals surface area contributed by atoms with E-state index in [-0.39, 0.29) is 10.8 Å². The normalized spacial score (nSPS) is 10.9. The van der Waals surface area contributed by atoms with Gasteiger partial charge in [-0.05, 0) is 72.7 Å². The summed E-state index contributed by atoms with van der Waals surface area (Å²) in [5.41, 5.74) is 4.60. The number of aryl methyl sites for hydroxylation is 1. The van der Waals surface area contributed by atoms with E-state index in [0.29, 0.717) is 17.1 Å². The first-order valence-electron chi connectivity index (χ1n) is 9.89. The van der Waals surface area contributed by atoms with E-state index in [9.17, 15) is 14.9 Å². The van der Waals surface area contributed by atoms with Crippen LogP contribution in [0.5, 0.6) is 0 Å². The lowest BCUT2D eigenvalue weighted by Crippen LogP contribution is -2.32. The molecule has 4 aromatic rings. The number of aromatic nitrogens is 1. The van der Waals surface area contributed by atoms with Crippen LogP contribution in [-0.4, -0.2) is 20.9 Å². The molecule has 1 aromatic heterocycles. The number of benzene rings is 3. The van der Waals surface area contributed by atoms with E-state index < -0.39 is 10.8 Å². The molecule has 2 N–H and O–H groups in total. The summed E-state index contributed by atoms with van der Waals surface area (Å²) < 4.78 is 5.81. The van der Waals surface area contributed by atoms with E-state index in [1.54, 1.807) is 24.3 Å². The van der Waals surface area contributed by atoms with Gasteiger partial charge in [-0.1, -0.05) is 18.2 Å². The van der Waals surface area contributed by atoms with E-state index >= 15 is 0 Å². The number of non-ortho nitro benzene ring substituents is 1. The Hall–Kier alpha value is -4.37. The number of nitro benzene ring substituents is 1. The van der Waals surface area contributed by atoms with Gasteiger partial charge in [0.05, 0.1) is 4.92 Å². The number of nitro groups is 1. The van der Waals surface area contributed by atoms with Gasteiger partial charge in [0, 0.05) is 29.5 Å². The number of hydrogen-bond donors (Lipinski definition) is 2. The van der Waals surface area contributed by atoms with Crippen molar-refractivity contribution in [2.24, 2.45) is 0 Å². The third-order valence-corrected chi connectivity index (χ3v) is 4.88. The molecule has 3 aromatic carbocycles. The number of nitrogens with one attached hydrogen (secondary N) is 2. The van der Waals surface area contributed by atoms with Crippen molar-refractivity contribution < 1.29 is 14.1 Å². The van der Waals surface area contributed by atoms with Crippen molar-refractivity contribution in [3.05, 3.63) is 94.0 Å². The Kier molecular flexibility index (Phi) is 6.23. The van der Waals surface area contributed by atoms with Crippen LogP contribution in [0.3, 0.4) is 0 Å². The number of anilines is 1. The smallest absolute Gasteiger partial charge is 0.270 e. The number of amides is 1. The summed E-state index contributed by atoms with van der Waals surface area (Å²) >= 11 is 5.18. The van der Waals surface area contributed by atoms with Crippen LogP contribution in [-0.2, 0) is 4.79 Å². The first-order valence-corrected chi connectivity index (χ1v) is 10.3. The Morgan fingerprint density at radius 3 is 2.67 bits per heavy atom.